The maximum Gasteiger partial charge on any atom is 0.230 e. The summed E-state index contributed by atoms with van der Waals surface area (Å²) in [5.74, 6) is 1.83. The number of thioether (sulfide) groups is 1. The van der Waals surface area contributed by atoms with Crippen LogP contribution in [0.5, 0.6) is 5.75 Å². The van der Waals surface area contributed by atoms with Crippen LogP contribution in [0.3, 0.4) is 0 Å². The molecule has 4 rings (SSSR count). The van der Waals surface area contributed by atoms with E-state index in [4.69, 9.17) is 4.74 Å². The van der Waals surface area contributed by atoms with Crippen LogP contribution in [0, 0.1) is 6.92 Å². The fourth-order valence-corrected chi connectivity index (χ4v) is 4.62. The first-order valence-corrected chi connectivity index (χ1v) is 12.2. The molecule has 6 nitrogen and oxygen atoms in total. The van der Waals surface area contributed by atoms with E-state index in [2.05, 4.69) is 32.2 Å². The van der Waals surface area contributed by atoms with E-state index in [9.17, 15) is 4.79 Å². The first-order valence-electron chi connectivity index (χ1n) is 10.3. The van der Waals surface area contributed by atoms with Crippen molar-refractivity contribution in [2.24, 2.45) is 0 Å². The van der Waals surface area contributed by atoms with Gasteiger partial charge in [0.2, 0.25) is 5.91 Å². The zero-order valence-corrected chi connectivity index (χ0v) is 19.4. The summed E-state index contributed by atoms with van der Waals surface area (Å²) in [6.07, 6.45) is 0. The lowest BCUT2D eigenvalue weighted by atomic mass is 10.2. The number of carbonyl (C=O) groups excluding carboxylic acids is 1. The summed E-state index contributed by atoms with van der Waals surface area (Å²) < 4.78 is 7.75. The van der Waals surface area contributed by atoms with E-state index in [0.29, 0.717) is 19.7 Å². The molecule has 0 atom stereocenters. The molecule has 0 fully saturated rings. The van der Waals surface area contributed by atoms with E-state index in [-0.39, 0.29) is 11.7 Å². The lowest BCUT2D eigenvalue weighted by molar-refractivity contribution is -0.118. The molecule has 0 saturated carbocycles. The molecule has 0 radical (unpaired) electrons. The van der Waals surface area contributed by atoms with Crippen molar-refractivity contribution in [2.75, 3.05) is 18.9 Å². The van der Waals surface area contributed by atoms with Gasteiger partial charge < -0.3 is 10.1 Å². The van der Waals surface area contributed by atoms with Crippen LogP contribution in [0.4, 0.5) is 0 Å². The number of hydrogen-bond acceptors (Lipinski definition) is 6. The van der Waals surface area contributed by atoms with Gasteiger partial charge in [0.1, 0.15) is 12.4 Å². The van der Waals surface area contributed by atoms with Crippen molar-refractivity contribution >= 4 is 29.0 Å². The second-order valence-electron chi connectivity index (χ2n) is 7.16. The number of nitrogens with one attached hydrogen (secondary N) is 1. The van der Waals surface area contributed by atoms with Gasteiger partial charge in [-0.15, -0.1) is 21.5 Å². The molecule has 8 heteroatoms. The number of amides is 1. The Balaban J connectivity index is 1.33. The average molecular weight is 465 g/mol. The number of carbonyl (C=O) groups is 1. The van der Waals surface area contributed by atoms with Crippen LogP contribution >= 0.6 is 23.1 Å². The normalized spacial score (nSPS) is 10.8. The van der Waals surface area contributed by atoms with Crippen LogP contribution in [-0.4, -0.2) is 39.6 Å². The topological polar surface area (TPSA) is 69.0 Å². The lowest BCUT2D eigenvalue weighted by Crippen LogP contribution is -2.29. The molecule has 0 unspecified atom stereocenters. The summed E-state index contributed by atoms with van der Waals surface area (Å²) in [6.45, 7) is 3.54. The molecular formula is C24H24N4O2S2. The molecule has 2 heterocycles. The summed E-state index contributed by atoms with van der Waals surface area (Å²) in [4.78, 5) is 13.4. The molecule has 164 valence electrons. The molecule has 4 aromatic rings. The van der Waals surface area contributed by atoms with Crippen molar-refractivity contribution in [3.05, 3.63) is 83.2 Å². The number of hydrogen-bond donors (Lipinski definition) is 1. The maximum absolute atomic E-state index is 12.3. The Kier molecular flexibility index (Phi) is 7.58. The smallest absolute Gasteiger partial charge is 0.230 e. The summed E-state index contributed by atoms with van der Waals surface area (Å²) >= 11 is 3.02. The van der Waals surface area contributed by atoms with Crippen molar-refractivity contribution in [1.29, 1.82) is 0 Å². The standard InChI is InChI=1S/C24H24N4O2S2/c1-18-7-5-10-20(15-18)30-13-12-25-22(29)17-32-24-27-26-23(21-11-6-14-31-21)28(24)16-19-8-3-2-4-9-19/h2-11,14-15H,12-13,16-17H2,1H3,(H,25,29). The minimum Gasteiger partial charge on any atom is -0.492 e. The molecule has 2 aromatic heterocycles. The van der Waals surface area contributed by atoms with Crippen LogP contribution < -0.4 is 10.1 Å². The Morgan fingerprint density at radius 2 is 1.97 bits per heavy atom. The third-order valence-electron chi connectivity index (χ3n) is 4.66. The molecule has 0 spiro atoms. The highest BCUT2D eigenvalue weighted by Gasteiger charge is 2.16. The highest BCUT2D eigenvalue weighted by molar-refractivity contribution is 7.99. The number of nitrogens with zero attached hydrogens (tertiary/aromatic N) is 3. The van der Waals surface area contributed by atoms with E-state index >= 15 is 0 Å². The Morgan fingerprint density at radius 3 is 2.75 bits per heavy atom. The molecule has 0 aliphatic rings. The minimum absolute atomic E-state index is 0.0604. The fraction of sp³-hybridized carbons (Fsp3) is 0.208. The Bertz CT molecular complexity index is 1140. The number of aryl methyl sites for hydroxylation is 1. The second kappa shape index (κ2) is 11.0. The van der Waals surface area contributed by atoms with Crippen molar-refractivity contribution in [3.63, 3.8) is 0 Å². The van der Waals surface area contributed by atoms with Gasteiger partial charge >= 0.3 is 0 Å². The van der Waals surface area contributed by atoms with Gasteiger partial charge in [0.05, 0.1) is 23.7 Å². The predicted octanol–water partition coefficient (Wildman–Crippen LogP) is 4.65. The average Bonchev–Trinajstić information content (AvgIpc) is 3.46. The van der Waals surface area contributed by atoms with E-state index in [1.807, 2.05) is 66.9 Å². The molecule has 1 amide bonds. The van der Waals surface area contributed by atoms with Crippen molar-refractivity contribution in [3.8, 4) is 16.5 Å². The monoisotopic (exact) mass is 464 g/mol. The first-order chi connectivity index (χ1) is 15.7. The van der Waals surface area contributed by atoms with Crippen LogP contribution in [-0.2, 0) is 11.3 Å². The van der Waals surface area contributed by atoms with E-state index in [1.165, 1.54) is 11.8 Å². The van der Waals surface area contributed by atoms with Crippen molar-refractivity contribution < 1.29 is 9.53 Å². The van der Waals surface area contributed by atoms with E-state index < -0.39 is 0 Å². The molecule has 0 aliphatic carbocycles. The summed E-state index contributed by atoms with van der Waals surface area (Å²) in [7, 11) is 0. The van der Waals surface area contributed by atoms with E-state index in [0.717, 1.165) is 32.7 Å². The van der Waals surface area contributed by atoms with Gasteiger partial charge in [-0.25, -0.2) is 0 Å². The summed E-state index contributed by atoms with van der Waals surface area (Å²) in [6, 6.07) is 22.1. The van der Waals surface area contributed by atoms with Gasteiger partial charge in [-0.3, -0.25) is 9.36 Å². The molecule has 0 bridgehead atoms. The van der Waals surface area contributed by atoms with Crippen molar-refractivity contribution in [1.82, 2.24) is 20.1 Å². The quantitative estimate of drug-likeness (QED) is 0.273. The van der Waals surface area contributed by atoms with Crippen molar-refractivity contribution in [2.45, 2.75) is 18.6 Å². The second-order valence-corrected chi connectivity index (χ2v) is 9.05. The number of rotatable bonds is 10. The summed E-state index contributed by atoms with van der Waals surface area (Å²) in [5, 5.41) is 14.4. The van der Waals surface area contributed by atoms with Crippen LogP contribution in [0.25, 0.3) is 10.7 Å². The molecule has 0 aliphatic heterocycles. The number of aromatic nitrogens is 3. The minimum atomic E-state index is -0.0604. The van der Waals surface area contributed by atoms with Gasteiger partial charge in [0.25, 0.3) is 0 Å². The van der Waals surface area contributed by atoms with Gasteiger partial charge in [0.15, 0.2) is 11.0 Å². The zero-order chi connectivity index (χ0) is 22.2. The molecule has 32 heavy (non-hydrogen) atoms. The van der Waals surface area contributed by atoms with Gasteiger partial charge in [-0.05, 0) is 41.6 Å². The predicted molar refractivity (Wildman–Crippen MR) is 129 cm³/mol. The first kappa shape index (κ1) is 22.1. The Hall–Kier alpha value is -3.10. The number of ether oxygens (including phenoxy) is 1. The lowest BCUT2D eigenvalue weighted by Gasteiger charge is -2.10. The molecule has 2 aromatic carbocycles. The highest BCUT2D eigenvalue weighted by atomic mass is 32.2. The van der Waals surface area contributed by atoms with Gasteiger partial charge in [0, 0.05) is 0 Å². The van der Waals surface area contributed by atoms with E-state index in [1.54, 1.807) is 11.3 Å². The third-order valence-corrected chi connectivity index (χ3v) is 6.49. The SMILES string of the molecule is Cc1cccc(OCCNC(=O)CSc2nnc(-c3cccs3)n2Cc2ccccc2)c1. The Morgan fingerprint density at radius 1 is 1.09 bits per heavy atom. The fourth-order valence-electron chi connectivity index (χ4n) is 3.14. The molecule has 0 saturated heterocycles. The van der Waals surface area contributed by atoms with Gasteiger partial charge in [-0.2, -0.15) is 0 Å². The van der Waals surface area contributed by atoms with Crippen LogP contribution in [0.15, 0.2) is 77.3 Å². The Labute approximate surface area is 195 Å². The molecule has 1 N–H and O–H groups in total. The van der Waals surface area contributed by atoms with Gasteiger partial charge in [-0.1, -0.05) is 60.3 Å². The number of benzene rings is 2. The summed E-state index contributed by atoms with van der Waals surface area (Å²) in [5.41, 5.74) is 2.30. The third kappa shape index (κ3) is 5.99. The number of thiophene rings is 1. The molecular weight excluding hydrogens is 440 g/mol. The van der Waals surface area contributed by atoms with Crippen LogP contribution in [0.2, 0.25) is 0 Å². The maximum atomic E-state index is 12.3. The largest absolute Gasteiger partial charge is 0.492 e. The van der Waals surface area contributed by atoms with Crippen LogP contribution in [0.1, 0.15) is 11.1 Å². The highest BCUT2D eigenvalue weighted by Crippen LogP contribution is 2.28. The zero-order valence-electron chi connectivity index (χ0n) is 17.7.